The molecule has 1 aliphatic rings. The van der Waals surface area contributed by atoms with Crippen molar-refractivity contribution in [1.82, 2.24) is 4.67 Å². The number of nitrogens with zero attached hydrogens (tertiary/aromatic N) is 1. The number of hydrogen-bond acceptors (Lipinski definition) is 1. The van der Waals surface area contributed by atoms with Gasteiger partial charge in [0.05, 0.1) is 0 Å². The highest BCUT2D eigenvalue weighted by molar-refractivity contribution is 7.65. The van der Waals surface area contributed by atoms with Gasteiger partial charge in [-0.25, -0.2) is 0 Å². The Balaban J connectivity index is 2.45. The zero-order valence-corrected chi connectivity index (χ0v) is 13.9. The van der Waals surface area contributed by atoms with Crippen molar-refractivity contribution in [2.24, 2.45) is 0 Å². The Morgan fingerprint density at radius 2 is 1.70 bits per heavy atom. The summed E-state index contributed by atoms with van der Waals surface area (Å²) in [5.74, 6) is 0. The van der Waals surface area contributed by atoms with E-state index in [1.807, 2.05) is 25.1 Å². The molecule has 108 valence electrons. The van der Waals surface area contributed by atoms with E-state index in [4.69, 9.17) is 0 Å². The van der Waals surface area contributed by atoms with E-state index in [-0.39, 0.29) is 5.54 Å². The van der Waals surface area contributed by atoms with Gasteiger partial charge in [-0.1, -0.05) is 30.3 Å². The van der Waals surface area contributed by atoms with Crippen molar-refractivity contribution < 1.29 is 4.57 Å². The summed E-state index contributed by atoms with van der Waals surface area (Å²) in [6.07, 6.45) is 4.71. The average Bonchev–Trinajstić information content (AvgIpc) is 2.34. The lowest BCUT2D eigenvalue weighted by Crippen LogP contribution is -2.36. The molecule has 1 unspecified atom stereocenters. The predicted octanol–water partition coefficient (Wildman–Crippen LogP) is 5.39. The topological polar surface area (TPSA) is 20.3 Å². The summed E-state index contributed by atoms with van der Waals surface area (Å²) in [5.41, 5.74) is 2.14. The maximum atomic E-state index is 13.7. The molecule has 1 aromatic rings. The highest BCUT2D eigenvalue weighted by Crippen LogP contribution is 2.64. The van der Waals surface area contributed by atoms with Gasteiger partial charge in [0, 0.05) is 23.2 Å². The summed E-state index contributed by atoms with van der Waals surface area (Å²) in [5, 5.41) is 0.997. The minimum Gasteiger partial charge on any atom is -0.320 e. The van der Waals surface area contributed by atoms with E-state index in [9.17, 15) is 4.57 Å². The molecule has 1 heterocycles. The molecule has 1 aliphatic heterocycles. The summed E-state index contributed by atoms with van der Waals surface area (Å²) in [4.78, 5) is 0. The van der Waals surface area contributed by atoms with E-state index in [2.05, 4.69) is 56.8 Å². The van der Waals surface area contributed by atoms with Crippen LogP contribution in [0.1, 0.15) is 40.2 Å². The van der Waals surface area contributed by atoms with Gasteiger partial charge < -0.3 is 4.67 Å². The molecule has 0 aromatic heterocycles. The summed E-state index contributed by atoms with van der Waals surface area (Å²) < 4.78 is 15.8. The van der Waals surface area contributed by atoms with E-state index in [0.29, 0.717) is 6.16 Å². The van der Waals surface area contributed by atoms with Crippen molar-refractivity contribution in [2.45, 2.75) is 46.3 Å². The third-order valence-electron chi connectivity index (χ3n) is 3.59. The van der Waals surface area contributed by atoms with Crippen LogP contribution in [0, 0.1) is 0 Å². The SMILES string of the molecule is CC1=CN(C(C)(C)C)P(=O)(Cc2ccccc2)C(C)=C1. The number of rotatable bonds is 2. The van der Waals surface area contributed by atoms with Crippen molar-refractivity contribution in [3.05, 3.63) is 59.1 Å². The van der Waals surface area contributed by atoms with Crippen LogP contribution < -0.4 is 0 Å². The molecule has 0 N–H and O–H groups in total. The molecular formula is C17H24NOP. The minimum absolute atomic E-state index is 0.152. The maximum absolute atomic E-state index is 13.7. The molecule has 0 saturated carbocycles. The summed E-state index contributed by atoms with van der Waals surface area (Å²) in [6.45, 7) is 10.4. The van der Waals surface area contributed by atoms with Crippen LogP contribution in [0.4, 0.5) is 0 Å². The number of benzene rings is 1. The molecule has 0 radical (unpaired) electrons. The van der Waals surface area contributed by atoms with Crippen LogP contribution in [-0.2, 0) is 10.7 Å². The molecule has 1 atom stereocenters. The molecule has 0 saturated heterocycles. The van der Waals surface area contributed by atoms with Crippen LogP contribution >= 0.6 is 7.29 Å². The molecule has 0 spiro atoms. The first-order valence-corrected chi connectivity index (χ1v) is 8.88. The normalized spacial score (nSPS) is 23.4. The second-order valence-electron chi connectivity index (χ2n) is 6.52. The summed E-state index contributed by atoms with van der Waals surface area (Å²) >= 11 is 0. The molecule has 20 heavy (non-hydrogen) atoms. The maximum Gasteiger partial charge on any atom is 0.201 e. The first-order valence-electron chi connectivity index (χ1n) is 7.03. The van der Waals surface area contributed by atoms with E-state index in [0.717, 1.165) is 16.5 Å². The van der Waals surface area contributed by atoms with Gasteiger partial charge in [-0.05, 0) is 51.8 Å². The minimum atomic E-state index is -2.58. The van der Waals surface area contributed by atoms with Gasteiger partial charge in [0.15, 0.2) is 0 Å². The van der Waals surface area contributed by atoms with Gasteiger partial charge in [0.1, 0.15) is 0 Å². The fourth-order valence-corrected chi connectivity index (χ4v) is 5.82. The standard InChI is InChI=1S/C17H24NOP/c1-14-11-15(2)20(19,18(12-14)17(3,4)5)13-16-9-7-6-8-10-16/h6-12H,13H2,1-5H3. The Kier molecular flexibility index (Phi) is 3.97. The van der Waals surface area contributed by atoms with Gasteiger partial charge in [0.2, 0.25) is 7.29 Å². The molecule has 0 bridgehead atoms. The Morgan fingerprint density at radius 1 is 1.10 bits per heavy atom. The van der Waals surface area contributed by atoms with Crippen LogP contribution in [0.5, 0.6) is 0 Å². The lowest BCUT2D eigenvalue weighted by atomic mass is 10.1. The van der Waals surface area contributed by atoms with Crippen molar-refractivity contribution in [2.75, 3.05) is 0 Å². The lowest BCUT2D eigenvalue weighted by Gasteiger charge is -2.43. The van der Waals surface area contributed by atoms with Crippen molar-refractivity contribution in [3.63, 3.8) is 0 Å². The molecule has 0 amide bonds. The molecule has 2 rings (SSSR count). The predicted molar refractivity (Wildman–Crippen MR) is 86.9 cm³/mol. The summed E-state index contributed by atoms with van der Waals surface area (Å²) in [6, 6.07) is 10.1. The highest BCUT2D eigenvalue weighted by atomic mass is 31.2. The van der Waals surface area contributed by atoms with Crippen LogP contribution in [0.25, 0.3) is 0 Å². The van der Waals surface area contributed by atoms with Gasteiger partial charge in [-0.2, -0.15) is 0 Å². The molecule has 0 fully saturated rings. The van der Waals surface area contributed by atoms with Crippen molar-refractivity contribution in [1.29, 1.82) is 0 Å². The van der Waals surface area contributed by atoms with Gasteiger partial charge in [-0.15, -0.1) is 0 Å². The van der Waals surface area contributed by atoms with E-state index >= 15 is 0 Å². The zero-order chi connectivity index (χ0) is 15.0. The van der Waals surface area contributed by atoms with Crippen LogP contribution in [-0.4, -0.2) is 10.2 Å². The lowest BCUT2D eigenvalue weighted by molar-refractivity contribution is 0.316. The van der Waals surface area contributed by atoms with E-state index < -0.39 is 7.29 Å². The van der Waals surface area contributed by atoms with E-state index in [1.54, 1.807) is 0 Å². The monoisotopic (exact) mass is 289 g/mol. The third kappa shape index (κ3) is 2.91. The Hall–Kier alpha value is -1.27. The molecule has 2 nitrogen and oxygen atoms in total. The van der Waals surface area contributed by atoms with Gasteiger partial charge in [0.25, 0.3) is 0 Å². The van der Waals surface area contributed by atoms with Gasteiger partial charge in [-0.3, -0.25) is 4.57 Å². The second kappa shape index (κ2) is 5.26. The average molecular weight is 289 g/mol. The Bertz CT molecular complexity index is 593. The molecular weight excluding hydrogens is 265 g/mol. The van der Waals surface area contributed by atoms with Crippen LogP contribution in [0.2, 0.25) is 0 Å². The van der Waals surface area contributed by atoms with Crippen LogP contribution in [0.15, 0.2) is 53.5 Å². The largest absolute Gasteiger partial charge is 0.320 e. The number of allylic oxidation sites excluding steroid dienone is 3. The molecule has 0 aliphatic carbocycles. The van der Waals surface area contributed by atoms with Crippen molar-refractivity contribution >= 4 is 7.29 Å². The van der Waals surface area contributed by atoms with Gasteiger partial charge >= 0.3 is 0 Å². The smallest absolute Gasteiger partial charge is 0.201 e. The number of hydrogen-bond donors (Lipinski definition) is 0. The third-order valence-corrected chi connectivity index (χ3v) is 7.03. The zero-order valence-electron chi connectivity index (χ0n) is 13.1. The molecule has 1 aromatic carbocycles. The van der Waals surface area contributed by atoms with E-state index in [1.165, 1.54) is 0 Å². The first-order chi connectivity index (χ1) is 9.23. The first kappa shape index (κ1) is 15.1. The molecule has 3 heteroatoms. The fraction of sp³-hybridized carbons (Fsp3) is 0.412. The quantitative estimate of drug-likeness (QED) is 0.681. The second-order valence-corrected chi connectivity index (χ2v) is 9.38. The van der Waals surface area contributed by atoms with Crippen LogP contribution in [0.3, 0.4) is 0 Å². The highest BCUT2D eigenvalue weighted by Gasteiger charge is 2.39. The van der Waals surface area contributed by atoms with Crippen molar-refractivity contribution in [3.8, 4) is 0 Å². The Labute approximate surface area is 122 Å². The Morgan fingerprint density at radius 3 is 2.25 bits per heavy atom. The fourth-order valence-electron chi connectivity index (χ4n) is 2.63. The summed E-state index contributed by atoms with van der Waals surface area (Å²) in [7, 11) is -2.58.